The second-order valence-electron chi connectivity index (χ2n) is 2.46. The summed E-state index contributed by atoms with van der Waals surface area (Å²) >= 11 is 0.0601. The van der Waals surface area contributed by atoms with Crippen molar-refractivity contribution in [2.24, 2.45) is 0 Å². The van der Waals surface area contributed by atoms with Gasteiger partial charge in [0.25, 0.3) is 0 Å². The Morgan fingerprint density at radius 2 is 1.75 bits per heavy atom. The van der Waals surface area contributed by atoms with Crippen molar-refractivity contribution >= 4 is 10.0 Å². The molecule has 0 fully saturated rings. The summed E-state index contributed by atoms with van der Waals surface area (Å²) in [7, 11) is -3.18. The van der Waals surface area contributed by atoms with Crippen LogP contribution in [-0.4, -0.2) is 8.42 Å². The molecule has 0 atom stereocenters. The van der Waals surface area contributed by atoms with Crippen LogP contribution in [0.5, 0.6) is 0 Å². The molecule has 0 saturated carbocycles. The van der Waals surface area contributed by atoms with Crippen LogP contribution in [0, 0.1) is 6.92 Å². The van der Waals surface area contributed by atoms with Crippen LogP contribution in [0.3, 0.4) is 0 Å². The first-order valence-electron chi connectivity index (χ1n) is 3.42. The van der Waals surface area contributed by atoms with Gasteiger partial charge in [-0.2, -0.15) is 0 Å². The van der Waals surface area contributed by atoms with Gasteiger partial charge in [0.05, 0.1) is 0 Å². The van der Waals surface area contributed by atoms with Crippen molar-refractivity contribution < 1.29 is 34.8 Å². The molecule has 0 radical (unpaired) electrons. The fourth-order valence-electron chi connectivity index (χ4n) is 0.801. The van der Waals surface area contributed by atoms with Gasteiger partial charge in [0.1, 0.15) is 0 Å². The molecular formula is C7H8HgNO2S. The van der Waals surface area contributed by atoms with Crippen molar-refractivity contribution in [1.82, 2.24) is 2.49 Å². The van der Waals surface area contributed by atoms with E-state index in [0.717, 1.165) is 5.56 Å². The van der Waals surface area contributed by atoms with E-state index in [4.69, 9.17) is 0 Å². The van der Waals surface area contributed by atoms with Crippen LogP contribution < -0.4 is 2.49 Å². The molecule has 0 heterocycles. The average molecular weight is 371 g/mol. The minimum atomic E-state index is -3.18. The maximum absolute atomic E-state index is 11.2. The van der Waals surface area contributed by atoms with Crippen LogP contribution in [0.25, 0.3) is 0 Å². The quantitative estimate of drug-likeness (QED) is 0.780. The zero-order valence-corrected chi connectivity index (χ0v) is 13.1. The number of hydrogen-bond acceptors (Lipinski definition) is 2. The SMILES string of the molecule is Cc1ccc(S(=O)(=O)[NH][Hg])cc1. The zero-order valence-electron chi connectivity index (χ0n) is 6.74. The zero-order chi connectivity index (χ0) is 9.19. The van der Waals surface area contributed by atoms with E-state index in [1.807, 2.05) is 6.92 Å². The van der Waals surface area contributed by atoms with Crippen molar-refractivity contribution in [3.8, 4) is 0 Å². The van der Waals surface area contributed by atoms with Gasteiger partial charge in [0.15, 0.2) is 0 Å². The number of hydrogen-bond donors (Lipinski definition) is 1. The van der Waals surface area contributed by atoms with Gasteiger partial charge in [0.2, 0.25) is 0 Å². The number of nitrogens with one attached hydrogen (secondary N) is 1. The standard InChI is InChI=1S/C7H8NO2S.Hg/c1-6-2-4-7(5-3-6)11(8,9)10;/h2-5H,1H3,(H-,8,9,10);/q-1;+1. The Hall–Kier alpha value is 0.0651. The molecule has 3 nitrogen and oxygen atoms in total. The molecule has 0 amide bonds. The first-order chi connectivity index (χ1) is 5.56. The summed E-state index contributed by atoms with van der Waals surface area (Å²) in [5.41, 5.74) is 1.06. The Morgan fingerprint density at radius 3 is 2.17 bits per heavy atom. The van der Waals surface area contributed by atoms with Crippen LogP contribution in [0.15, 0.2) is 29.2 Å². The molecule has 1 N–H and O–H groups in total. The fraction of sp³-hybridized carbons (Fsp3) is 0.143. The predicted molar refractivity (Wildman–Crippen MR) is 41.5 cm³/mol. The Balaban J connectivity index is 3.14. The first kappa shape index (κ1) is 10.1. The molecule has 0 spiro atoms. The van der Waals surface area contributed by atoms with Crippen LogP contribution in [0.2, 0.25) is 0 Å². The van der Waals surface area contributed by atoms with Gasteiger partial charge in [-0.05, 0) is 0 Å². The van der Waals surface area contributed by atoms with E-state index >= 15 is 0 Å². The van der Waals surface area contributed by atoms with Gasteiger partial charge in [-0.3, -0.25) is 0 Å². The summed E-state index contributed by atoms with van der Waals surface area (Å²) in [5, 5.41) is 0. The summed E-state index contributed by atoms with van der Waals surface area (Å²) in [6.45, 7) is 1.92. The second-order valence-corrected chi connectivity index (χ2v) is 7.59. The molecule has 0 aliphatic rings. The minimum absolute atomic E-state index is 0.0601. The van der Waals surface area contributed by atoms with E-state index in [2.05, 4.69) is 2.49 Å². The van der Waals surface area contributed by atoms with Crippen molar-refractivity contribution in [1.29, 1.82) is 0 Å². The Kier molecular flexibility index (Phi) is 3.26. The van der Waals surface area contributed by atoms with E-state index < -0.39 is 10.0 Å². The van der Waals surface area contributed by atoms with Crippen LogP contribution in [0.1, 0.15) is 5.56 Å². The third kappa shape index (κ3) is 2.28. The van der Waals surface area contributed by atoms with E-state index in [1.54, 1.807) is 24.3 Å². The molecule has 1 aromatic carbocycles. The molecule has 61 valence electrons. The summed E-state index contributed by atoms with van der Waals surface area (Å²) in [6.07, 6.45) is 0. The normalized spacial score (nSPS) is 11.6. The van der Waals surface area contributed by atoms with Gasteiger partial charge in [0, 0.05) is 0 Å². The molecule has 5 heteroatoms. The van der Waals surface area contributed by atoms with Gasteiger partial charge >= 0.3 is 89.0 Å². The molecule has 0 saturated heterocycles. The Bertz CT molecular complexity index is 357. The van der Waals surface area contributed by atoms with Crippen LogP contribution in [0.4, 0.5) is 0 Å². The molecule has 0 aliphatic carbocycles. The molecule has 1 rings (SSSR count). The number of benzene rings is 1. The Morgan fingerprint density at radius 1 is 1.25 bits per heavy atom. The maximum atomic E-state index is 11.2. The average Bonchev–Trinajstić information content (AvgIpc) is 2.05. The summed E-state index contributed by atoms with van der Waals surface area (Å²) in [6, 6.07) is 6.81. The van der Waals surface area contributed by atoms with Gasteiger partial charge in [-0.15, -0.1) is 0 Å². The summed E-state index contributed by atoms with van der Waals surface area (Å²) in [5.74, 6) is 0. The topological polar surface area (TPSA) is 46.2 Å². The van der Waals surface area contributed by atoms with E-state index in [0.29, 0.717) is 4.90 Å². The monoisotopic (exact) mass is 372 g/mol. The first-order valence-corrected chi connectivity index (χ1v) is 7.65. The third-order valence-corrected chi connectivity index (χ3v) is 7.23. The molecule has 12 heavy (non-hydrogen) atoms. The number of aryl methyl sites for hydroxylation is 1. The van der Waals surface area contributed by atoms with E-state index in [1.165, 1.54) is 0 Å². The predicted octanol–water partition coefficient (Wildman–Crippen LogP) is 0.735. The van der Waals surface area contributed by atoms with Gasteiger partial charge in [-0.25, -0.2) is 0 Å². The van der Waals surface area contributed by atoms with Gasteiger partial charge in [-0.1, -0.05) is 0 Å². The summed E-state index contributed by atoms with van der Waals surface area (Å²) in [4.78, 5) is 0.350. The molecule has 1 aromatic rings. The van der Waals surface area contributed by atoms with E-state index in [-0.39, 0.29) is 26.4 Å². The second kappa shape index (κ2) is 3.85. The molecular weight excluding hydrogens is 363 g/mol. The molecule has 0 bridgehead atoms. The van der Waals surface area contributed by atoms with Crippen molar-refractivity contribution in [2.45, 2.75) is 11.8 Å². The molecule has 0 aliphatic heterocycles. The Labute approximate surface area is 88.6 Å². The van der Waals surface area contributed by atoms with Crippen molar-refractivity contribution in [2.75, 3.05) is 0 Å². The van der Waals surface area contributed by atoms with Crippen molar-refractivity contribution in [3.63, 3.8) is 0 Å². The van der Waals surface area contributed by atoms with Gasteiger partial charge < -0.3 is 0 Å². The van der Waals surface area contributed by atoms with E-state index in [9.17, 15) is 8.42 Å². The molecule has 0 unspecified atom stereocenters. The third-order valence-electron chi connectivity index (χ3n) is 1.52. The van der Waals surface area contributed by atoms with Crippen LogP contribution in [-0.2, 0) is 36.4 Å². The number of rotatable bonds is 2. The van der Waals surface area contributed by atoms with Crippen molar-refractivity contribution in [3.05, 3.63) is 29.8 Å². The van der Waals surface area contributed by atoms with Crippen LogP contribution >= 0.6 is 0 Å². The molecule has 0 aromatic heterocycles. The number of sulfonamides is 1. The fourth-order valence-corrected chi connectivity index (χ4v) is 3.41. The summed E-state index contributed by atoms with van der Waals surface area (Å²) < 4.78 is 24.9.